The lowest BCUT2D eigenvalue weighted by Gasteiger charge is -2.30. The van der Waals surface area contributed by atoms with E-state index in [1.165, 1.54) is 28.6 Å². The molecule has 1 amide bonds. The molecule has 0 spiro atoms. The first-order valence-electron chi connectivity index (χ1n) is 10.4. The van der Waals surface area contributed by atoms with Gasteiger partial charge in [-0.2, -0.15) is 0 Å². The number of nitrogens with zero attached hydrogens (tertiary/aromatic N) is 1. The summed E-state index contributed by atoms with van der Waals surface area (Å²) in [6.07, 6.45) is 2.44. The number of nitrogens with one attached hydrogen (secondary N) is 1. The molecule has 0 bridgehead atoms. The van der Waals surface area contributed by atoms with Crippen LogP contribution < -0.4 is 9.62 Å². The third-order valence-corrected chi connectivity index (χ3v) is 6.95. The van der Waals surface area contributed by atoms with Crippen molar-refractivity contribution in [3.63, 3.8) is 0 Å². The highest BCUT2D eigenvalue weighted by molar-refractivity contribution is 7.92. The summed E-state index contributed by atoms with van der Waals surface area (Å²) >= 11 is 0. The Morgan fingerprint density at radius 1 is 1.10 bits per heavy atom. The molecule has 7 nitrogen and oxygen atoms in total. The molecule has 1 aliphatic heterocycles. The molecule has 0 unspecified atom stereocenters. The molecule has 1 N–H and O–H groups in total. The number of para-hydroxylation sites is 1. The number of carbonyl (C=O) groups excluding carboxylic acids is 2. The van der Waals surface area contributed by atoms with Crippen molar-refractivity contribution in [1.82, 2.24) is 5.32 Å². The number of aryl methyl sites for hydroxylation is 1. The molecule has 31 heavy (non-hydrogen) atoms. The Kier molecular flexibility index (Phi) is 7.33. The fraction of sp³-hybridized carbons (Fsp3) is 0.391. The fourth-order valence-corrected chi connectivity index (χ4v) is 4.95. The molecule has 0 aromatic heterocycles. The predicted octanol–water partition coefficient (Wildman–Crippen LogP) is 3.15. The van der Waals surface area contributed by atoms with E-state index in [0.29, 0.717) is 24.7 Å². The molecule has 1 aliphatic rings. The average molecular weight is 445 g/mol. The van der Waals surface area contributed by atoms with Crippen LogP contribution in [0, 0.1) is 5.92 Å². The number of anilines is 1. The first kappa shape index (κ1) is 22.8. The van der Waals surface area contributed by atoms with Crippen molar-refractivity contribution in [3.8, 4) is 0 Å². The van der Waals surface area contributed by atoms with Crippen LogP contribution >= 0.6 is 0 Å². The number of fused-ring (bicyclic) bond motifs is 1. The van der Waals surface area contributed by atoms with Crippen LogP contribution in [0.1, 0.15) is 42.6 Å². The van der Waals surface area contributed by atoms with E-state index in [1.54, 1.807) is 0 Å². The SMILES string of the molecule is CC(C)CCNC(=O)COC(=O)c1ccc(S(=O)(=O)N2CCCc3ccccc32)cc1. The van der Waals surface area contributed by atoms with E-state index in [2.05, 4.69) is 19.2 Å². The Morgan fingerprint density at radius 2 is 1.81 bits per heavy atom. The summed E-state index contributed by atoms with van der Waals surface area (Å²) in [6, 6.07) is 13.1. The van der Waals surface area contributed by atoms with Gasteiger partial charge in [0.1, 0.15) is 0 Å². The van der Waals surface area contributed by atoms with E-state index < -0.39 is 16.0 Å². The summed E-state index contributed by atoms with van der Waals surface area (Å²) in [6.45, 7) is 4.68. The van der Waals surface area contributed by atoms with E-state index >= 15 is 0 Å². The maximum absolute atomic E-state index is 13.2. The number of hydrogen-bond donors (Lipinski definition) is 1. The topological polar surface area (TPSA) is 92.8 Å². The van der Waals surface area contributed by atoms with Crippen molar-refractivity contribution in [2.75, 3.05) is 24.0 Å². The van der Waals surface area contributed by atoms with E-state index in [4.69, 9.17) is 4.74 Å². The first-order valence-corrected chi connectivity index (χ1v) is 11.9. The molecule has 0 saturated heterocycles. The van der Waals surface area contributed by atoms with E-state index in [0.717, 1.165) is 24.8 Å². The fourth-order valence-electron chi connectivity index (χ4n) is 3.40. The molecule has 166 valence electrons. The van der Waals surface area contributed by atoms with Gasteiger partial charge in [0.15, 0.2) is 6.61 Å². The van der Waals surface area contributed by atoms with Crippen LogP contribution in [0.15, 0.2) is 53.4 Å². The third kappa shape index (κ3) is 5.64. The van der Waals surface area contributed by atoms with Gasteiger partial charge in [-0.15, -0.1) is 0 Å². The molecule has 0 atom stereocenters. The highest BCUT2D eigenvalue weighted by Crippen LogP contribution is 2.31. The maximum Gasteiger partial charge on any atom is 0.338 e. The van der Waals surface area contributed by atoms with Crippen LogP contribution in [0.25, 0.3) is 0 Å². The van der Waals surface area contributed by atoms with Crippen LogP contribution in [-0.4, -0.2) is 40.0 Å². The molecule has 1 heterocycles. The predicted molar refractivity (Wildman–Crippen MR) is 118 cm³/mol. The lowest BCUT2D eigenvalue weighted by molar-refractivity contribution is -0.124. The Hall–Kier alpha value is -2.87. The Morgan fingerprint density at radius 3 is 2.52 bits per heavy atom. The number of carbonyl (C=O) groups is 2. The summed E-state index contributed by atoms with van der Waals surface area (Å²) in [7, 11) is -3.74. The zero-order valence-electron chi connectivity index (χ0n) is 17.8. The number of ether oxygens (including phenoxy) is 1. The molecule has 2 aromatic carbocycles. The largest absolute Gasteiger partial charge is 0.452 e. The number of amides is 1. The van der Waals surface area contributed by atoms with Crippen molar-refractivity contribution in [2.24, 2.45) is 5.92 Å². The smallest absolute Gasteiger partial charge is 0.338 e. The minimum atomic E-state index is -3.74. The quantitative estimate of drug-likeness (QED) is 0.632. The first-order chi connectivity index (χ1) is 14.8. The summed E-state index contributed by atoms with van der Waals surface area (Å²) in [5, 5.41) is 2.69. The van der Waals surface area contributed by atoms with Crippen LogP contribution in [0.4, 0.5) is 5.69 Å². The number of benzene rings is 2. The van der Waals surface area contributed by atoms with Gasteiger partial charge in [-0.1, -0.05) is 32.0 Å². The maximum atomic E-state index is 13.2. The standard InChI is InChI=1S/C23H28N2O5S/c1-17(2)13-14-24-22(26)16-30-23(27)19-9-11-20(12-10-19)31(28,29)25-15-5-7-18-6-3-4-8-21(18)25/h3-4,6,8-12,17H,5,7,13-16H2,1-2H3,(H,24,26). The second kappa shape index (κ2) is 9.96. The van der Waals surface area contributed by atoms with Gasteiger partial charge in [0.05, 0.1) is 16.1 Å². The lowest BCUT2D eigenvalue weighted by atomic mass is 10.0. The molecule has 0 radical (unpaired) electrons. The van der Waals surface area contributed by atoms with E-state index in [9.17, 15) is 18.0 Å². The summed E-state index contributed by atoms with van der Waals surface area (Å²) in [5.74, 6) is -0.570. The molecule has 2 aromatic rings. The monoisotopic (exact) mass is 444 g/mol. The second-order valence-electron chi connectivity index (χ2n) is 7.94. The van der Waals surface area contributed by atoms with Crippen LogP contribution in [0.2, 0.25) is 0 Å². The van der Waals surface area contributed by atoms with E-state index in [1.807, 2.05) is 24.3 Å². The van der Waals surface area contributed by atoms with Gasteiger partial charge < -0.3 is 10.1 Å². The minimum absolute atomic E-state index is 0.104. The normalized spacial score (nSPS) is 13.6. The van der Waals surface area contributed by atoms with Gasteiger partial charge >= 0.3 is 5.97 Å². The van der Waals surface area contributed by atoms with Gasteiger partial charge in [-0.05, 0) is 61.1 Å². The number of sulfonamides is 1. The zero-order valence-corrected chi connectivity index (χ0v) is 18.7. The molecule has 0 fully saturated rings. The van der Waals surface area contributed by atoms with Gasteiger partial charge in [0, 0.05) is 13.1 Å². The second-order valence-corrected chi connectivity index (χ2v) is 9.80. The highest BCUT2D eigenvalue weighted by Gasteiger charge is 2.29. The van der Waals surface area contributed by atoms with Gasteiger partial charge in [-0.3, -0.25) is 9.10 Å². The molecule has 0 aliphatic carbocycles. The molecule has 3 rings (SSSR count). The lowest BCUT2D eigenvalue weighted by Crippen LogP contribution is -2.35. The van der Waals surface area contributed by atoms with Gasteiger partial charge in [0.2, 0.25) is 0 Å². The van der Waals surface area contributed by atoms with Crippen molar-refractivity contribution in [3.05, 3.63) is 59.7 Å². The number of rotatable bonds is 8. The summed E-state index contributed by atoms with van der Waals surface area (Å²) in [4.78, 5) is 24.0. The Bertz CT molecular complexity index is 1030. The molecule has 8 heteroatoms. The van der Waals surface area contributed by atoms with Crippen LogP contribution in [0.3, 0.4) is 0 Å². The van der Waals surface area contributed by atoms with E-state index in [-0.39, 0.29) is 23.0 Å². The van der Waals surface area contributed by atoms with Crippen LogP contribution in [-0.2, 0) is 26.0 Å². The molecular formula is C23H28N2O5S. The average Bonchev–Trinajstić information content (AvgIpc) is 2.77. The summed E-state index contributed by atoms with van der Waals surface area (Å²) in [5.41, 5.74) is 1.89. The number of esters is 1. The minimum Gasteiger partial charge on any atom is -0.452 e. The summed E-state index contributed by atoms with van der Waals surface area (Å²) < 4.78 is 32.7. The van der Waals surface area contributed by atoms with Crippen molar-refractivity contribution < 1.29 is 22.7 Å². The van der Waals surface area contributed by atoms with Crippen molar-refractivity contribution >= 4 is 27.6 Å². The van der Waals surface area contributed by atoms with Crippen LogP contribution in [0.5, 0.6) is 0 Å². The Balaban J connectivity index is 1.63. The number of hydrogen-bond acceptors (Lipinski definition) is 5. The third-order valence-electron chi connectivity index (χ3n) is 5.12. The highest BCUT2D eigenvalue weighted by atomic mass is 32.2. The van der Waals surface area contributed by atoms with Gasteiger partial charge in [-0.25, -0.2) is 13.2 Å². The van der Waals surface area contributed by atoms with Crippen molar-refractivity contribution in [2.45, 2.75) is 38.0 Å². The van der Waals surface area contributed by atoms with Gasteiger partial charge in [0.25, 0.3) is 15.9 Å². The molecular weight excluding hydrogens is 416 g/mol. The molecule has 0 saturated carbocycles. The zero-order chi connectivity index (χ0) is 22.4. The Labute approximate surface area is 183 Å². The van der Waals surface area contributed by atoms with Crippen molar-refractivity contribution in [1.29, 1.82) is 0 Å².